The van der Waals surface area contributed by atoms with Crippen LogP contribution in [0.4, 0.5) is 0 Å². The summed E-state index contributed by atoms with van der Waals surface area (Å²) < 4.78 is 0. The summed E-state index contributed by atoms with van der Waals surface area (Å²) >= 11 is 7.52. The van der Waals surface area contributed by atoms with E-state index in [2.05, 4.69) is 15.5 Å². The average molecular weight is 330 g/mol. The van der Waals surface area contributed by atoms with E-state index in [0.29, 0.717) is 15.6 Å². The third kappa shape index (κ3) is 3.16. The number of carbonyl (C=O) groups excluding carboxylic acids is 1. The van der Waals surface area contributed by atoms with Crippen LogP contribution in [0.15, 0.2) is 46.9 Å². The minimum atomic E-state index is -0.244. The van der Waals surface area contributed by atoms with E-state index in [1.165, 1.54) is 17.6 Å². The zero-order valence-electron chi connectivity index (χ0n) is 11.7. The number of fused-ring (bicyclic) bond motifs is 1. The molecule has 0 aliphatic rings. The van der Waals surface area contributed by atoms with E-state index in [0.717, 1.165) is 16.5 Å². The number of hydrogen-bond donors (Lipinski definition) is 1. The van der Waals surface area contributed by atoms with Crippen molar-refractivity contribution in [3.63, 3.8) is 0 Å². The van der Waals surface area contributed by atoms with Crippen molar-refractivity contribution in [1.29, 1.82) is 0 Å². The number of amides is 1. The summed E-state index contributed by atoms with van der Waals surface area (Å²) in [6, 6.07) is 11.4. The monoisotopic (exact) mass is 329 g/mol. The predicted molar refractivity (Wildman–Crippen MR) is 90.9 cm³/mol. The van der Waals surface area contributed by atoms with Crippen LogP contribution in [-0.4, -0.2) is 17.1 Å². The number of thiophene rings is 1. The summed E-state index contributed by atoms with van der Waals surface area (Å²) in [6.45, 7) is 2.00. The van der Waals surface area contributed by atoms with Crippen molar-refractivity contribution in [2.75, 3.05) is 0 Å². The Morgan fingerprint density at radius 1 is 1.36 bits per heavy atom. The molecule has 0 bridgehead atoms. The Labute approximate surface area is 136 Å². The number of hydrazone groups is 1. The average Bonchev–Trinajstić information content (AvgIpc) is 3.02. The number of benzene rings is 1. The fraction of sp³-hybridized carbons (Fsp3) is 0.0625. The van der Waals surface area contributed by atoms with Crippen molar-refractivity contribution in [3.8, 4) is 0 Å². The highest BCUT2D eigenvalue weighted by atomic mass is 35.5. The van der Waals surface area contributed by atoms with E-state index >= 15 is 0 Å². The molecule has 22 heavy (non-hydrogen) atoms. The van der Waals surface area contributed by atoms with Crippen molar-refractivity contribution in [2.24, 2.45) is 5.10 Å². The molecule has 0 radical (unpaired) electrons. The molecule has 110 valence electrons. The van der Waals surface area contributed by atoms with E-state index < -0.39 is 0 Å². The number of rotatable bonds is 3. The first-order chi connectivity index (χ1) is 10.6. The largest absolute Gasteiger partial charge is 0.281 e. The highest BCUT2D eigenvalue weighted by Gasteiger charge is 2.06. The van der Waals surface area contributed by atoms with Crippen molar-refractivity contribution in [2.45, 2.75) is 6.92 Å². The summed E-state index contributed by atoms with van der Waals surface area (Å²) in [5.41, 5.74) is 5.09. The summed E-state index contributed by atoms with van der Waals surface area (Å²) in [6.07, 6.45) is 1.50. The molecule has 0 unspecified atom stereocenters. The SMILES string of the molecule is Cc1ccc2cc(/C=N\NC(=O)c3cccs3)c(Cl)nc2c1. The Hall–Kier alpha value is -2.24. The number of carbonyl (C=O) groups is 1. The number of hydrogen-bond acceptors (Lipinski definition) is 4. The van der Waals surface area contributed by atoms with Crippen LogP contribution >= 0.6 is 22.9 Å². The summed E-state index contributed by atoms with van der Waals surface area (Å²) in [4.78, 5) is 16.7. The normalized spacial score (nSPS) is 11.2. The van der Waals surface area contributed by atoms with Gasteiger partial charge in [0.15, 0.2) is 0 Å². The molecule has 0 spiro atoms. The summed E-state index contributed by atoms with van der Waals surface area (Å²) in [5, 5.41) is 7.11. The Morgan fingerprint density at radius 3 is 3.00 bits per heavy atom. The minimum absolute atomic E-state index is 0.244. The maximum Gasteiger partial charge on any atom is 0.281 e. The van der Waals surface area contributed by atoms with E-state index in [9.17, 15) is 4.79 Å². The smallest absolute Gasteiger partial charge is 0.266 e. The first-order valence-electron chi connectivity index (χ1n) is 6.57. The van der Waals surface area contributed by atoms with Crippen LogP contribution in [0.1, 0.15) is 20.8 Å². The van der Waals surface area contributed by atoms with Gasteiger partial charge in [-0.25, -0.2) is 10.4 Å². The molecule has 1 amide bonds. The number of pyridine rings is 1. The van der Waals surface area contributed by atoms with Crippen LogP contribution in [0.25, 0.3) is 10.9 Å². The first-order valence-corrected chi connectivity index (χ1v) is 7.83. The van der Waals surface area contributed by atoms with Crippen molar-refractivity contribution >= 4 is 46.0 Å². The maximum absolute atomic E-state index is 11.8. The standard InChI is InChI=1S/C16H12ClN3OS/c1-10-4-5-11-8-12(15(17)19-13(11)7-10)9-18-20-16(21)14-3-2-6-22-14/h2-9H,1H3,(H,20,21)/b18-9-. The van der Waals surface area contributed by atoms with E-state index in [4.69, 9.17) is 11.6 Å². The predicted octanol–water partition coefficient (Wildman–Crippen LogP) is 4.02. The van der Waals surface area contributed by atoms with E-state index in [1.807, 2.05) is 42.6 Å². The van der Waals surface area contributed by atoms with Gasteiger partial charge in [-0.05, 0) is 36.1 Å². The molecule has 3 rings (SSSR count). The highest BCUT2D eigenvalue weighted by Crippen LogP contribution is 2.20. The van der Waals surface area contributed by atoms with Gasteiger partial charge in [0.25, 0.3) is 5.91 Å². The lowest BCUT2D eigenvalue weighted by molar-refractivity contribution is 0.0959. The fourth-order valence-electron chi connectivity index (χ4n) is 1.98. The Bertz CT molecular complexity index is 859. The van der Waals surface area contributed by atoms with Crippen molar-refractivity contribution in [1.82, 2.24) is 10.4 Å². The topological polar surface area (TPSA) is 54.4 Å². The molecular formula is C16H12ClN3OS. The van der Waals surface area contributed by atoms with E-state index in [-0.39, 0.29) is 5.91 Å². The molecule has 1 aromatic carbocycles. The van der Waals surface area contributed by atoms with Crippen LogP contribution in [0.2, 0.25) is 5.15 Å². The number of aromatic nitrogens is 1. The lowest BCUT2D eigenvalue weighted by atomic mass is 10.1. The Balaban J connectivity index is 1.81. The fourth-order valence-corrected chi connectivity index (χ4v) is 2.79. The third-order valence-electron chi connectivity index (χ3n) is 3.07. The second kappa shape index (κ2) is 6.25. The molecule has 0 saturated carbocycles. The molecule has 0 saturated heterocycles. The molecule has 6 heteroatoms. The Morgan fingerprint density at radius 2 is 2.23 bits per heavy atom. The van der Waals surface area contributed by atoms with Gasteiger partial charge in [-0.3, -0.25) is 4.79 Å². The molecule has 1 N–H and O–H groups in total. The zero-order chi connectivity index (χ0) is 15.5. The van der Waals surface area contributed by atoms with Gasteiger partial charge < -0.3 is 0 Å². The molecule has 0 atom stereocenters. The lowest BCUT2D eigenvalue weighted by Crippen LogP contribution is -2.16. The molecule has 4 nitrogen and oxygen atoms in total. The molecule has 0 fully saturated rings. The van der Waals surface area contributed by atoms with Gasteiger partial charge in [0.2, 0.25) is 0 Å². The zero-order valence-corrected chi connectivity index (χ0v) is 13.3. The minimum Gasteiger partial charge on any atom is -0.266 e. The second-order valence-electron chi connectivity index (χ2n) is 4.74. The molecule has 0 aliphatic heterocycles. The van der Waals surface area contributed by atoms with Crippen LogP contribution in [-0.2, 0) is 0 Å². The van der Waals surface area contributed by atoms with E-state index in [1.54, 1.807) is 6.07 Å². The highest BCUT2D eigenvalue weighted by molar-refractivity contribution is 7.12. The van der Waals surface area contributed by atoms with Gasteiger partial charge in [-0.2, -0.15) is 5.10 Å². The van der Waals surface area contributed by atoms with Crippen LogP contribution < -0.4 is 5.43 Å². The van der Waals surface area contributed by atoms with Crippen LogP contribution in [0.5, 0.6) is 0 Å². The lowest BCUT2D eigenvalue weighted by Gasteiger charge is -2.03. The number of nitrogens with one attached hydrogen (secondary N) is 1. The van der Waals surface area contributed by atoms with Gasteiger partial charge in [0.1, 0.15) is 5.15 Å². The Kier molecular flexibility index (Phi) is 4.18. The van der Waals surface area contributed by atoms with Gasteiger partial charge >= 0.3 is 0 Å². The number of aryl methyl sites for hydroxylation is 1. The van der Waals surface area contributed by atoms with Gasteiger partial charge in [0.05, 0.1) is 16.6 Å². The first kappa shape index (κ1) is 14.7. The molecule has 2 heterocycles. The molecule has 3 aromatic rings. The molecular weight excluding hydrogens is 318 g/mol. The molecule has 0 aliphatic carbocycles. The van der Waals surface area contributed by atoms with Gasteiger partial charge in [-0.15, -0.1) is 11.3 Å². The van der Waals surface area contributed by atoms with Gasteiger partial charge in [-0.1, -0.05) is 29.8 Å². The van der Waals surface area contributed by atoms with Crippen LogP contribution in [0, 0.1) is 6.92 Å². The van der Waals surface area contributed by atoms with Gasteiger partial charge in [0, 0.05) is 10.9 Å². The second-order valence-corrected chi connectivity index (χ2v) is 6.05. The number of nitrogens with zero attached hydrogens (tertiary/aromatic N) is 2. The van der Waals surface area contributed by atoms with Crippen molar-refractivity contribution < 1.29 is 4.79 Å². The summed E-state index contributed by atoms with van der Waals surface area (Å²) in [7, 11) is 0. The maximum atomic E-state index is 11.8. The molecule has 2 aromatic heterocycles. The van der Waals surface area contributed by atoms with Crippen LogP contribution in [0.3, 0.4) is 0 Å². The van der Waals surface area contributed by atoms with Crippen molar-refractivity contribution in [3.05, 3.63) is 62.9 Å². The number of halogens is 1. The summed E-state index contributed by atoms with van der Waals surface area (Å²) in [5.74, 6) is -0.244. The third-order valence-corrected chi connectivity index (χ3v) is 4.24. The quantitative estimate of drug-likeness (QED) is 0.448.